The molecular weight excluding hydrogens is 248 g/mol. The molecule has 1 aromatic rings. The molecule has 0 aliphatic heterocycles. The Morgan fingerprint density at radius 3 is 2.39 bits per heavy atom. The van der Waals surface area contributed by atoms with Crippen molar-refractivity contribution in [2.75, 3.05) is 13.2 Å². The van der Waals surface area contributed by atoms with Gasteiger partial charge in [-0.25, -0.2) is 0 Å². The zero-order chi connectivity index (χ0) is 13.0. The molecule has 0 saturated heterocycles. The molecule has 1 aromatic carbocycles. The Labute approximate surface area is 114 Å². The molecule has 0 amide bonds. The van der Waals surface area contributed by atoms with Gasteiger partial charge in [0.15, 0.2) is 11.5 Å². The van der Waals surface area contributed by atoms with E-state index in [2.05, 4.69) is 6.07 Å². The Bertz CT molecular complexity index is 388. The summed E-state index contributed by atoms with van der Waals surface area (Å²) >= 11 is 6.51. The highest BCUT2D eigenvalue weighted by molar-refractivity contribution is 6.21. The van der Waals surface area contributed by atoms with E-state index in [0.29, 0.717) is 19.1 Å². The predicted molar refractivity (Wildman–Crippen MR) is 74.7 cm³/mol. The van der Waals surface area contributed by atoms with Gasteiger partial charge in [-0.1, -0.05) is 12.5 Å². The summed E-state index contributed by atoms with van der Waals surface area (Å²) in [6.07, 6.45) is 3.79. The number of rotatable bonds is 6. The molecule has 1 saturated carbocycles. The topological polar surface area (TPSA) is 18.5 Å². The molecule has 100 valence electrons. The lowest BCUT2D eigenvalue weighted by Gasteiger charge is -2.30. The van der Waals surface area contributed by atoms with Crippen LogP contribution in [0.4, 0.5) is 0 Å². The standard InChI is InChI=1S/C15H21ClO2/c1-3-17-13-9-8-12(10-14(13)18-4-2)15(16)11-6-5-7-11/h8-11,15H,3-7H2,1-2H3. The number of benzene rings is 1. The number of ether oxygens (including phenoxy) is 2. The lowest BCUT2D eigenvalue weighted by molar-refractivity contribution is 0.285. The summed E-state index contributed by atoms with van der Waals surface area (Å²) in [6, 6.07) is 6.06. The fourth-order valence-electron chi connectivity index (χ4n) is 2.24. The van der Waals surface area contributed by atoms with Crippen molar-refractivity contribution in [2.24, 2.45) is 5.92 Å². The van der Waals surface area contributed by atoms with Gasteiger partial charge in [0.2, 0.25) is 0 Å². The summed E-state index contributed by atoms with van der Waals surface area (Å²) in [5.41, 5.74) is 1.15. The Balaban J connectivity index is 2.18. The third-order valence-corrected chi connectivity index (χ3v) is 4.06. The second-order valence-corrected chi connectivity index (χ2v) is 5.14. The van der Waals surface area contributed by atoms with Crippen LogP contribution in [0.5, 0.6) is 11.5 Å². The second-order valence-electron chi connectivity index (χ2n) is 4.66. The fourth-order valence-corrected chi connectivity index (χ4v) is 2.63. The number of halogens is 1. The molecule has 1 unspecified atom stereocenters. The van der Waals surface area contributed by atoms with Crippen molar-refractivity contribution in [3.8, 4) is 11.5 Å². The lowest BCUT2D eigenvalue weighted by atomic mass is 9.80. The molecule has 1 fully saturated rings. The molecule has 3 heteroatoms. The Kier molecular flexibility index (Phi) is 4.76. The van der Waals surface area contributed by atoms with E-state index in [1.807, 2.05) is 26.0 Å². The molecule has 0 bridgehead atoms. The van der Waals surface area contributed by atoms with Crippen molar-refractivity contribution in [3.63, 3.8) is 0 Å². The molecule has 2 rings (SSSR count). The number of hydrogen-bond donors (Lipinski definition) is 0. The van der Waals surface area contributed by atoms with Crippen LogP contribution < -0.4 is 9.47 Å². The van der Waals surface area contributed by atoms with Crippen LogP contribution in [-0.4, -0.2) is 13.2 Å². The monoisotopic (exact) mass is 268 g/mol. The van der Waals surface area contributed by atoms with E-state index in [1.165, 1.54) is 19.3 Å². The van der Waals surface area contributed by atoms with Gasteiger partial charge in [0.1, 0.15) is 0 Å². The largest absolute Gasteiger partial charge is 0.490 e. The van der Waals surface area contributed by atoms with Crippen molar-refractivity contribution < 1.29 is 9.47 Å². The zero-order valence-electron chi connectivity index (χ0n) is 11.1. The minimum Gasteiger partial charge on any atom is -0.490 e. The van der Waals surface area contributed by atoms with Crippen LogP contribution in [0.2, 0.25) is 0 Å². The minimum absolute atomic E-state index is 0.105. The van der Waals surface area contributed by atoms with Crippen LogP contribution >= 0.6 is 11.6 Å². The second kappa shape index (κ2) is 6.33. The van der Waals surface area contributed by atoms with Gasteiger partial charge in [-0.3, -0.25) is 0 Å². The minimum atomic E-state index is 0.105. The first-order valence-electron chi connectivity index (χ1n) is 6.79. The maximum atomic E-state index is 6.51. The average Bonchev–Trinajstić information content (AvgIpc) is 2.29. The highest BCUT2D eigenvalue weighted by Crippen LogP contribution is 2.43. The van der Waals surface area contributed by atoms with Gasteiger partial charge in [-0.05, 0) is 50.3 Å². The lowest BCUT2D eigenvalue weighted by Crippen LogP contribution is -2.16. The maximum Gasteiger partial charge on any atom is 0.161 e. The van der Waals surface area contributed by atoms with Gasteiger partial charge in [0, 0.05) is 0 Å². The van der Waals surface area contributed by atoms with Gasteiger partial charge in [0.05, 0.1) is 18.6 Å². The van der Waals surface area contributed by atoms with E-state index in [9.17, 15) is 0 Å². The van der Waals surface area contributed by atoms with Crippen LogP contribution in [-0.2, 0) is 0 Å². The molecule has 0 spiro atoms. The Hall–Kier alpha value is -0.890. The maximum absolute atomic E-state index is 6.51. The average molecular weight is 269 g/mol. The summed E-state index contributed by atoms with van der Waals surface area (Å²) in [7, 11) is 0. The summed E-state index contributed by atoms with van der Waals surface area (Å²) in [6.45, 7) is 5.24. The first-order chi connectivity index (χ1) is 8.76. The van der Waals surface area contributed by atoms with Gasteiger partial charge >= 0.3 is 0 Å². The van der Waals surface area contributed by atoms with E-state index < -0.39 is 0 Å². The first-order valence-corrected chi connectivity index (χ1v) is 7.23. The molecular formula is C15H21ClO2. The smallest absolute Gasteiger partial charge is 0.161 e. The molecule has 2 nitrogen and oxygen atoms in total. The van der Waals surface area contributed by atoms with Crippen LogP contribution in [0.15, 0.2) is 18.2 Å². The van der Waals surface area contributed by atoms with E-state index in [-0.39, 0.29) is 5.38 Å². The molecule has 0 N–H and O–H groups in total. The summed E-state index contributed by atoms with van der Waals surface area (Å²) < 4.78 is 11.2. The highest BCUT2D eigenvalue weighted by Gasteiger charge is 2.27. The predicted octanol–water partition coefficient (Wildman–Crippen LogP) is 4.56. The number of hydrogen-bond acceptors (Lipinski definition) is 2. The first kappa shape index (κ1) is 13.5. The van der Waals surface area contributed by atoms with E-state index in [1.54, 1.807) is 0 Å². The van der Waals surface area contributed by atoms with Gasteiger partial charge in [-0.2, -0.15) is 0 Å². The van der Waals surface area contributed by atoms with Gasteiger partial charge in [0.25, 0.3) is 0 Å². The van der Waals surface area contributed by atoms with Crippen LogP contribution in [0.3, 0.4) is 0 Å². The van der Waals surface area contributed by atoms with Crippen molar-refractivity contribution in [2.45, 2.75) is 38.5 Å². The SMILES string of the molecule is CCOc1ccc(C(Cl)C2CCC2)cc1OCC. The summed E-state index contributed by atoms with van der Waals surface area (Å²) in [5, 5.41) is 0.105. The molecule has 0 radical (unpaired) electrons. The van der Waals surface area contributed by atoms with Gasteiger partial charge < -0.3 is 9.47 Å². The summed E-state index contributed by atoms with van der Waals surface area (Å²) in [4.78, 5) is 0. The quantitative estimate of drug-likeness (QED) is 0.704. The molecule has 0 aromatic heterocycles. The molecule has 0 heterocycles. The normalized spacial score (nSPS) is 17.1. The van der Waals surface area contributed by atoms with Crippen molar-refractivity contribution in [1.82, 2.24) is 0 Å². The van der Waals surface area contributed by atoms with Crippen LogP contribution in [0.1, 0.15) is 44.1 Å². The van der Waals surface area contributed by atoms with Crippen molar-refractivity contribution >= 4 is 11.6 Å². The highest BCUT2D eigenvalue weighted by atomic mass is 35.5. The number of alkyl halides is 1. The van der Waals surface area contributed by atoms with E-state index >= 15 is 0 Å². The molecule has 18 heavy (non-hydrogen) atoms. The van der Waals surface area contributed by atoms with Crippen LogP contribution in [0.25, 0.3) is 0 Å². The van der Waals surface area contributed by atoms with Crippen molar-refractivity contribution in [1.29, 1.82) is 0 Å². The Morgan fingerprint density at radius 1 is 1.17 bits per heavy atom. The Morgan fingerprint density at radius 2 is 1.83 bits per heavy atom. The molecule has 1 aliphatic rings. The molecule has 1 aliphatic carbocycles. The molecule has 1 atom stereocenters. The fraction of sp³-hybridized carbons (Fsp3) is 0.600. The van der Waals surface area contributed by atoms with E-state index in [4.69, 9.17) is 21.1 Å². The third-order valence-electron chi connectivity index (χ3n) is 3.45. The van der Waals surface area contributed by atoms with Crippen molar-refractivity contribution in [3.05, 3.63) is 23.8 Å². The van der Waals surface area contributed by atoms with E-state index in [0.717, 1.165) is 17.1 Å². The van der Waals surface area contributed by atoms with Crippen LogP contribution in [0, 0.1) is 5.92 Å². The zero-order valence-corrected chi connectivity index (χ0v) is 11.9. The third kappa shape index (κ3) is 2.92. The van der Waals surface area contributed by atoms with Gasteiger partial charge in [-0.15, -0.1) is 11.6 Å². The summed E-state index contributed by atoms with van der Waals surface area (Å²) in [5.74, 6) is 2.24.